The normalized spacial score (nSPS) is 11.1. The second-order valence-electron chi connectivity index (χ2n) is 9.86. The summed E-state index contributed by atoms with van der Waals surface area (Å²) in [4.78, 5) is 28.5. The SMILES string of the molecule is CCOP(=O)(Cc1csc(NC(=O)c2cc(OC)cc(Oc3ccc(S(C)(=O)=O)cc3)c2)n1)OCC.COC(=O)c1cc(O)cc(OC)c1. The van der Waals surface area contributed by atoms with E-state index in [0.29, 0.717) is 33.8 Å². The summed E-state index contributed by atoms with van der Waals surface area (Å²) in [7, 11) is -2.45. The van der Waals surface area contributed by atoms with Gasteiger partial charge in [0.15, 0.2) is 15.0 Å². The molecular weight excluding hydrogens is 699 g/mol. The molecule has 4 aromatic rings. The molecule has 0 unspecified atom stereocenters. The number of anilines is 1. The quantitative estimate of drug-likeness (QED) is 0.105. The van der Waals surface area contributed by atoms with E-state index in [1.807, 2.05) is 0 Å². The number of nitrogens with zero attached hydrogens (tertiary/aromatic N) is 1. The molecule has 4 rings (SSSR count). The Morgan fingerprint density at radius 3 is 2.02 bits per heavy atom. The van der Waals surface area contributed by atoms with Crippen LogP contribution in [-0.2, 0) is 34.3 Å². The zero-order chi connectivity index (χ0) is 36.2. The van der Waals surface area contributed by atoms with Crippen molar-refractivity contribution in [2.24, 2.45) is 0 Å². The number of phenols is 1. The Kier molecular flexibility index (Phi) is 14.1. The van der Waals surface area contributed by atoms with Crippen molar-refractivity contribution in [1.82, 2.24) is 4.98 Å². The zero-order valence-electron chi connectivity index (χ0n) is 27.6. The number of carbonyl (C=O) groups is 2. The molecule has 0 aliphatic carbocycles. The molecule has 0 aliphatic rings. The molecule has 264 valence electrons. The van der Waals surface area contributed by atoms with E-state index in [1.165, 1.54) is 81.2 Å². The topological polar surface area (TPSA) is 186 Å². The molecule has 0 bridgehead atoms. The van der Waals surface area contributed by atoms with Crippen LogP contribution in [-0.4, -0.2) is 71.2 Å². The van der Waals surface area contributed by atoms with Crippen molar-refractivity contribution in [1.29, 1.82) is 0 Å². The lowest BCUT2D eigenvalue weighted by Crippen LogP contribution is -2.12. The summed E-state index contributed by atoms with van der Waals surface area (Å²) in [6.07, 6.45) is 1.12. The van der Waals surface area contributed by atoms with Crippen molar-refractivity contribution < 1.29 is 55.7 Å². The summed E-state index contributed by atoms with van der Waals surface area (Å²) >= 11 is 1.18. The Morgan fingerprint density at radius 2 is 1.45 bits per heavy atom. The van der Waals surface area contributed by atoms with Crippen LogP contribution in [0.4, 0.5) is 5.13 Å². The summed E-state index contributed by atoms with van der Waals surface area (Å²) in [5, 5.41) is 13.9. The van der Waals surface area contributed by atoms with Gasteiger partial charge in [-0.25, -0.2) is 18.2 Å². The van der Waals surface area contributed by atoms with E-state index >= 15 is 0 Å². The molecule has 2 N–H and O–H groups in total. The van der Waals surface area contributed by atoms with E-state index in [9.17, 15) is 27.7 Å². The highest BCUT2D eigenvalue weighted by molar-refractivity contribution is 7.90. The second kappa shape index (κ2) is 17.8. The zero-order valence-corrected chi connectivity index (χ0v) is 30.1. The number of aromatic hydroxyl groups is 1. The van der Waals surface area contributed by atoms with E-state index in [4.69, 9.17) is 23.3 Å². The van der Waals surface area contributed by atoms with Crippen LogP contribution in [0, 0.1) is 0 Å². The van der Waals surface area contributed by atoms with Gasteiger partial charge in [0.1, 0.15) is 28.7 Å². The Hall–Kier alpha value is -4.47. The third-order valence-corrected chi connectivity index (χ3v) is 10.1. The number of hydrogen-bond donors (Lipinski definition) is 2. The van der Waals surface area contributed by atoms with Gasteiger partial charge in [0.05, 0.1) is 56.9 Å². The van der Waals surface area contributed by atoms with Crippen molar-refractivity contribution in [3.05, 3.63) is 82.9 Å². The van der Waals surface area contributed by atoms with Gasteiger partial charge in [-0.3, -0.25) is 14.7 Å². The number of esters is 1. The average Bonchev–Trinajstić information content (AvgIpc) is 3.49. The summed E-state index contributed by atoms with van der Waals surface area (Å²) in [5.41, 5.74) is 0.996. The van der Waals surface area contributed by atoms with Gasteiger partial charge in [-0.2, -0.15) is 0 Å². The van der Waals surface area contributed by atoms with E-state index in [-0.39, 0.29) is 41.1 Å². The third kappa shape index (κ3) is 11.9. The maximum Gasteiger partial charge on any atom is 0.338 e. The fourth-order valence-corrected chi connectivity index (χ4v) is 7.10. The van der Waals surface area contributed by atoms with Crippen LogP contribution >= 0.6 is 18.9 Å². The molecular formula is C32H37N2O12PS2. The number of methoxy groups -OCH3 is 3. The number of ether oxygens (including phenoxy) is 4. The molecule has 1 heterocycles. The van der Waals surface area contributed by atoms with Crippen molar-refractivity contribution >= 4 is 45.8 Å². The van der Waals surface area contributed by atoms with Crippen molar-refractivity contribution in [2.75, 3.05) is 46.1 Å². The maximum atomic E-state index is 12.9. The first-order valence-corrected chi connectivity index (χ1v) is 19.0. The Bertz CT molecular complexity index is 1890. The fourth-order valence-electron chi connectivity index (χ4n) is 4.03. The molecule has 1 amide bonds. The molecule has 0 aliphatic heterocycles. The van der Waals surface area contributed by atoms with Crippen molar-refractivity contribution in [3.63, 3.8) is 0 Å². The molecule has 0 spiro atoms. The highest BCUT2D eigenvalue weighted by Gasteiger charge is 2.26. The minimum Gasteiger partial charge on any atom is -0.508 e. The van der Waals surface area contributed by atoms with Gasteiger partial charge in [0.2, 0.25) is 0 Å². The van der Waals surface area contributed by atoms with Gasteiger partial charge in [-0.15, -0.1) is 11.3 Å². The third-order valence-electron chi connectivity index (χ3n) is 6.19. The van der Waals surface area contributed by atoms with Crippen LogP contribution in [0.3, 0.4) is 0 Å². The van der Waals surface area contributed by atoms with Crippen LogP contribution in [0.15, 0.2) is 70.9 Å². The molecule has 0 saturated carbocycles. The summed E-state index contributed by atoms with van der Waals surface area (Å²) in [6.45, 7) is 3.95. The molecule has 0 saturated heterocycles. The second-order valence-corrected chi connectivity index (χ2v) is 14.8. The standard InChI is InChI=1S/C23H27N2O8PS2.C9H10O4/c1-5-31-34(27,32-6-2)14-17-15-35-23(24-17)25-22(26)16-11-19(30-3)13-20(12-16)33-18-7-9-21(10-8-18)36(4,28)29;1-12-8-4-6(9(11)13-2)3-7(10)5-8/h7-13,15H,5-6,14H2,1-4H3,(H,24,25,26);3-5,10H,1-2H3. The van der Waals surface area contributed by atoms with Gasteiger partial charge in [0, 0.05) is 29.3 Å². The van der Waals surface area contributed by atoms with E-state index in [1.54, 1.807) is 31.4 Å². The molecule has 49 heavy (non-hydrogen) atoms. The van der Waals surface area contributed by atoms with Crippen LogP contribution < -0.4 is 19.5 Å². The number of sulfone groups is 1. The van der Waals surface area contributed by atoms with Crippen LogP contribution in [0.1, 0.15) is 40.3 Å². The molecule has 0 atom stereocenters. The number of benzene rings is 3. The number of thiazole rings is 1. The molecule has 0 radical (unpaired) electrons. The number of carbonyl (C=O) groups excluding carboxylic acids is 2. The smallest absolute Gasteiger partial charge is 0.338 e. The first-order valence-electron chi connectivity index (χ1n) is 14.5. The fraction of sp³-hybridized carbons (Fsp3) is 0.281. The molecule has 1 aromatic heterocycles. The van der Waals surface area contributed by atoms with Gasteiger partial charge < -0.3 is 33.1 Å². The lowest BCUT2D eigenvalue weighted by molar-refractivity contribution is 0.0599. The van der Waals surface area contributed by atoms with Gasteiger partial charge in [-0.05, 0) is 62.4 Å². The Morgan fingerprint density at radius 1 is 0.857 bits per heavy atom. The van der Waals surface area contributed by atoms with E-state index < -0.39 is 29.3 Å². The number of amides is 1. The van der Waals surface area contributed by atoms with Crippen LogP contribution in [0.25, 0.3) is 0 Å². The van der Waals surface area contributed by atoms with Crippen LogP contribution in [0.2, 0.25) is 0 Å². The predicted molar refractivity (Wildman–Crippen MR) is 183 cm³/mol. The highest BCUT2D eigenvalue weighted by Crippen LogP contribution is 2.51. The first kappa shape index (κ1) is 39.0. The highest BCUT2D eigenvalue weighted by atomic mass is 32.2. The lowest BCUT2D eigenvalue weighted by Gasteiger charge is -2.15. The van der Waals surface area contributed by atoms with E-state index in [0.717, 1.165) is 6.26 Å². The number of hydrogen-bond acceptors (Lipinski definition) is 14. The molecule has 14 nitrogen and oxygen atoms in total. The van der Waals surface area contributed by atoms with Gasteiger partial charge in [-0.1, -0.05) is 0 Å². The largest absolute Gasteiger partial charge is 0.508 e. The molecule has 0 fully saturated rings. The monoisotopic (exact) mass is 736 g/mol. The number of phenolic OH excluding ortho intramolecular Hbond substituents is 1. The van der Waals surface area contributed by atoms with Gasteiger partial charge in [0.25, 0.3) is 5.91 Å². The first-order chi connectivity index (χ1) is 23.2. The van der Waals surface area contributed by atoms with Gasteiger partial charge >= 0.3 is 13.6 Å². The van der Waals surface area contributed by atoms with Crippen molar-refractivity contribution in [2.45, 2.75) is 24.9 Å². The summed E-state index contributed by atoms with van der Waals surface area (Å²) < 4.78 is 67.1. The van der Waals surface area contributed by atoms with Crippen molar-refractivity contribution in [3.8, 4) is 28.7 Å². The number of rotatable bonds is 14. The minimum atomic E-state index is -3.33. The summed E-state index contributed by atoms with van der Waals surface area (Å²) in [6, 6.07) is 14.8. The average molecular weight is 737 g/mol. The Labute approximate surface area is 288 Å². The number of nitrogens with one attached hydrogen (secondary N) is 1. The predicted octanol–water partition coefficient (Wildman–Crippen LogP) is 6.55. The molecule has 3 aromatic carbocycles. The van der Waals surface area contributed by atoms with Crippen LogP contribution in [0.5, 0.6) is 28.7 Å². The Balaban J connectivity index is 0.000000419. The number of aromatic nitrogens is 1. The molecule has 17 heteroatoms. The maximum absolute atomic E-state index is 12.9. The lowest BCUT2D eigenvalue weighted by atomic mass is 10.2. The summed E-state index contributed by atoms with van der Waals surface area (Å²) in [5.74, 6) is 0.527. The van der Waals surface area contributed by atoms with E-state index in [2.05, 4.69) is 15.0 Å². The minimum absolute atomic E-state index is 0.00365.